The lowest BCUT2D eigenvalue weighted by atomic mass is 10.0. The first-order chi connectivity index (χ1) is 16.6. The molecule has 0 rings (SSSR count). The zero-order valence-corrected chi connectivity index (χ0v) is 22.9. The quantitative estimate of drug-likeness (QED) is 0.0934. The molecule has 202 valence electrons. The Morgan fingerprint density at radius 1 is 0.529 bits per heavy atom. The molecule has 0 aromatic carbocycles. The maximum Gasteiger partial charge on any atom is 0.306 e. The summed E-state index contributed by atoms with van der Waals surface area (Å²) < 4.78 is 5.89. The van der Waals surface area contributed by atoms with Gasteiger partial charge >= 0.3 is 11.9 Å². The Morgan fingerprint density at radius 3 is 1.32 bits per heavy atom. The maximum atomic E-state index is 12.4. The summed E-state index contributed by atoms with van der Waals surface area (Å²) >= 11 is 0. The molecule has 4 nitrogen and oxygen atoms in total. The van der Waals surface area contributed by atoms with E-state index in [1.807, 2.05) is 0 Å². The minimum absolute atomic E-state index is 0.00471. The third-order valence-electron chi connectivity index (χ3n) is 6.83. The smallest absolute Gasteiger partial charge is 0.306 e. The number of esters is 1. The van der Waals surface area contributed by atoms with Crippen LogP contribution in [0.1, 0.15) is 174 Å². The van der Waals surface area contributed by atoms with Gasteiger partial charge in [0.25, 0.3) is 0 Å². The Kier molecular flexibility index (Phi) is 25.7. The number of carbonyl (C=O) groups excluding carboxylic acids is 1. The molecule has 34 heavy (non-hydrogen) atoms. The van der Waals surface area contributed by atoms with Gasteiger partial charge in [0.15, 0.2) is 0 Å². The second-order valence-electron chi connectivity index (χ2n) is 10.3. The molecule has 0 fully saturated rings. The predicted molar refractivity (Wildman–Crippen MR) is 144 cm³/mol. The molecular formula is C30H58O4. The van der Waals surface area contributed by atoms with E-state index in [-0.39, 0.29) is 18.5 Å². The molecular weight excluding hydrogens is 424 g/mol. The van der Waals surface area contributed by atoms with E-state index in [0.29, 0.717) is 6.42 Å². The fraction of sp³-hybridized carbons (Fsp3) is 0.933. The monoisotopic (exact) mass is 482 g/mol. The molecule has 1 N–H and O–H groups in total. The number of ether oxygens (including phenoxy) is 1. The van der Waals surface area contributed by atoms with Gasteiger partial charge in [0.05, 0.1) is 0 Å². The Labute approximate surface area is 212 Å². The van der Waals surface area contributed by atoms with E-state index in [9.17, 15) is 9.59 Å². The second-order valence-corrected chi connectivity index (χ2v) is 10.3. The van der Waals surface area contributed by atoms with Crippen molar-refractivity contribution in [3.8, 4) is 0 Å². The van der Waals surface area contributed by atoms with E-state index >= 15 is 0 Å². The normalized spacial score (nSPS) is 12.1. The van der Waals surface area contributed by atoms with Crippen molar-refractivity contribution < 1.29 is 19.4 Å². The molecule has 0 spiro atoms. The van der Waals surface area contributed by atoms with Gasteiger partial charge in [-0.25, -0.2) is 0 Å². The van der Waals surface area contributed by atoms with Crippen molar-refractivity contribution in [3.63, 3.8) is 0 Å². The van der Waals surface area contributed by atoms with Crippen molar-refractivity contribution in [2.24, 2.45) is 0 Å². The van der Waals surface area contributed by atoms with Crippen LogP contribution in [0.2, 0.25) is 0 Å². The van der Waals surface area contributed by atoms with E-state index < -0.39 is 5.97 Å². The number of aliphatic carboxylic acids is 1. The summed E-state index contributed by atoms with van der Waals surface area (Å²) in [6, 6.07) is 0. The van der Waals surface area contributed by atoms with Crippen LogP contribution in [0.3, 0.4) is 0 Å². The van der Waals surface area contributed by atoms with Crippen LogP contribution in [0.5, 0.6) is 0 Å². The standard InChI is InChI=1S/C30H58O4/c1-3-5-7-9-10-11-12-13-14-19-23-27-30(33)34-28(24-20-8-6-4-2)25-21-17-15-16-18-22-26-29(31)32/h28H,3-27H2,1-2H3,(H,31,32). The average Bonchev–Trinajstić information content (AvgIpc) is 2.81. The Hall–Kier alpha value is -1.06. The number of carboxylic acids is 1. The number of carbonyl (C=O) groups is 2. The van der Waals surface area contributed by atoms with Crippen LogP contribution in [0.4, 0.5) is 0 Å². The van der Waals surface area contributed by atoms with E-state index in [1.165, 1.54) is 77.0 Å². The van der Waals surface area contributed by atoms with E-state index in [4.69, 9.17) is 9.84 Å². The number of unbranched alkanes of at least 4 members (excludes halogenated alkanes) is 18. The van der Waals surface area contributed by atoms with Gasteiger partial charge in [0, 0.05) is 12.8 Å². The molecule has 0 saturated carbocycles. The van der Waals surface area contributed by atoms with Crippen molar-refractivity contribution in [2.75, 3.05) is 0 Å². The number of carboxylic acid groups (broad SMARTS) is 1. The molecule has 4 heteroatoms. The SMILES string of the molecule is CCCCCCCCCCCCCC(=O)OC(CCCCCC)CCCCCCCCC(=O)O. The van der Waals surface area contributed by atoms with Crippen molar-refractivity contribution >= 4 is 11.9 Å². The van der Waals surface area contributed by atoms with Gasteiger partial charge in [-0.1, -0.05) is 123 Å². The van der Waals surface area contributed by atoms with Gasteiger partial charge in [-0.05, 0) is 38.5 Å². The minimum Gasteiger partial charge on any atom is -0.481 e. The third-order valence-corrected chi connectivity index (χ3v) is 6.83. The van der Waals surface area contributed by atoms with Crippen molar-refractivity contribution in [1.29, 1.82) is 0 Å². The van der Waals surface area contributed by atoms with Crippen LogP contribution >= 0.6 is 0 Å². The Balaban J connectivity index is 3.86. The molecule has 0 heterocycles. The molecule has 0 aliphatic heterocycles. The third kappa shape index (κ3) is 25.6. The molecule has 1 atom stereocenters. The summed E-state index contributed by atoms with van der Waals surface area (Å²) in [6.45, 7) is 4.49. The van der Waals surface area contributed by atoms with Gasteiger partial charge in [0.2, 0.25) is 0 Å². The zero-order valence-electron chi connectivity index (χ0n) is 22.9. The van der Waals surface area contributed by atoms with Gasteiger partial charge < -0.3 is 9.84 Å². The molecule has 0 saturated heterocycles. The summed E-state index contributed by atoms with van der Waals surface area (Å²) in [5, 5.41) is 8.69. The lowest BCUT2D eigenvalue weighted by Crippen LogP contribution is -2.18. The molecule has 0 aliphatic rings. The largest absolute Gasteiger partial charge is 0.481 e. The summed E-state index contributed by atoms with van der Waals surface area (Å²) in [4.78, 5) is 23.0. The highest BCUT2D eigenvalue weighted by atomic mass is 16.5. The Morgan fingerprint density at radius 2 is 0.882 bits per heavy atom. The number of hydrogen-bond donors (Lipinski definition) is 1. The summed E-state index contributed by atoms with van der Waals surface area (Å²) in [6.07, 6.45) is 28.3. The van der Waals surface area contributed by atoms with Crippen LogP contribution < -0.4 is 0 Å². The first-order valence-electron chi connectivity index (χ1n) is 15.0. The average molecular weight is 483 g/mol. The van der Waals surface area contributed by atoms with E-state index in [2.05, 4.69) is 13.8 Å². The lowest BCUT2D eigenvalue weighted by Gasteiger charge is -2.18. The first-order valence-corrected chi connectivity index (χ1v) is 15.0. The van der Waals surface area contributed by atoms with Gasteiger partial charge in [0.1, 0.15) is 6.10 Å². The summed E-state index contributed by atoms with van der Waals surface area (Å²) in [5.41, 5.74) is 0. The summed E-state index contributed by atoms with van der Waals surface area (Å²) in [5.74, 6) is -0.689. The van der Waals surface area contributed by atoms with Crippen LogP contribution in [-0.2, 0) is 14.3 Å². The van der Waals surface area contributed by atoms with Crippen molar-refractivity contribution in [1.82, 2.24) is 0 Å². The number of rotatable bonds is 27. The highest BCUT2D eigenvalue weighted by Crippen LogP contribution is 2.18. The molecule has 0 aliphatic carbocycles. The zero-order chi connectivity index (χ0) is 25.1. The van der Waals surface area contributed by atoms with Crippen molar-refractivity contribution in [2.45, 2.75) is 180 Å². The van der Waals surface area contributed by atoms with Gasteiger partial charge in [-0.15, -0.1) is 0 Å². The maximum absolute atomic E-state index is 12.4. The van der Waals surface area contributed by atoms with E-state index in [1.54, 1.807) is 0 Å². The molecule has 0 aromatic heterocycles. The molecule has 1 unspecified atom stereocenters. The first kappa shape index (κ1) is 32.9. The van der Waals surface area contributed by atoms with Crippen LogP contribution in [0, 0.1) is 0 Å². The Bertz CT molecular complexity index is 449. The summed E-state index contributed by atoms with van der Waals surface area (Å²) in [7, 11) is 0. The van der Waals surface area contributed by atoms with Gasteiger partial charge in [-0.3, -0.25) is 9.59 Å². The van der Waals surface area contributed by atoms with Gasteiger partial charge in [-0.2, -0.15) is 0 Å². The van der Waals surface area contributed by atoms with Crippen LogP contribution in [0.15, 0.2) is 0 Å². The highest BCUT2D eigenvalue weighted by molar-refractivity contribution is 5.69. The number of hydrogen-bond acceptors (Lipinski definition) is 3. The highest BCUT2D eigenvalue weighted by Gasteiger charge is 2.14. The topological polar surface area (TPSA) is 63.6 Å². The molecule has 0 amide bonds. The minimum atomic E-state index is -0.694. The second kappa shape index (κ2) is 26.5. The lowest BCUT2D eigenvalue weighted by molar-refractivity contribution is -0.150. The van der Waals surface area contributed by atoms with E-state index in [0.717, 1.165) is 70.6 Å². The van der Waals surface area contributed by atoms with Crippen LogP contribution in [-0.4, -0.2) is 23.1 Å². The molecule has 0 aromatic rings. The van der Waals surface area contributed by atoms with Crippen LogP contribution in [0.25, 0.3) is 0 Å². The fourth-order valence-electron chi connectivity index (χ4n) is 4.59. The fourth-order valence-corrected chi connectivity index (χ4v) is 4.59. The molecule has 0 radical (unpaired) electrons. The van der Waals surface area contributed by atoms with Crippen molar-refractivity contribution in [3.05, 3.63) is 0 Å². The predicted octanol–water partition coefficient (Wildman–Crippen LogP) is 9.78. The molecule has 0 bridgehead atoms.